The molecule has 0 aliphatic rings. The Kier molecular flexibility index (Phi) is 1.58. The molecule has 2 N–H and O–H groups in total. The number of nitrogen functional groups attached to an aromatic ring is 1. The van der Waals surface area contributed by atoms with Crippen molar-refractivity contribution in [2.24, 2.45) is 0 Å². The minimum atomic E-state index is 0.617. The highest BCUT2D eigenvalue weighted by molar-refractivity contribution is 9.10. The summed E-state index contributed by atoms with van der Waals surface area (Å²) >= 11 is 4.84. The minimum absolute atomic E-state index is 0.617. The molecule has 0 unspecified atom stereocenters. The normalized spacial score (nSPS) is 10.6. The Bertz CT molecular complexity index is 396. The molecule has 0 aliphatic heterocycles. The van der Waals surface area contributed by atoms with Crippen molar-refractivity contribution < 1.29 is 0 Å². The monoisotopic (exact) mass is 228 g/mol. The van der Waals surface area contributed by atoms with Crippen LogP contribution in [0.4, 0.5) is 5.82 Å². The van der Waals surface area contributed by atoms with Crippen LogP contribution in [-0.2, 0) is 0 Å². The van der Waals surface area contributed by atoms with Gasteiger partial charge in [0.15, 0.2) is 0 Å². The topological polar surface area (TPSA) is 38.9 Å². The molecule has 56 valence electrons. The van der Waals surface area contributed by atoms with Gasteiger partial charge in [0.25, 0.3) is 0 Å². The largest absolute Gasteiger partial charge is 0.382 e. The molecule has 2 nitrogen and oxygen atoms in total. The molecular weight excluding hydrogens is 224 g/mol. The molecule has 1 aromatic heterocycles. The van der Waals surface area contributed by atoms with Gasteiger partial charge in [-0.15, -0.1) is 0 Å². The zero-order valence-electron chi connectivity index (χ0n) is 5.54. The first-order valence-corrected chi connectivity index (χ1v) is 4.65. The summed E-state index contributed by atoms with van der Waals surface area (Å²) in [4.78, 5) is 0. The second-order valence-electron chi connectivity index (χ2n) is 2.18. The number of hydrogen-bond donors (Lipinski definition) is 1. The van der Waals surface area contributed by atoms with Gasteiger partial charge in [0.05, 0.1) is 4.70 Å². The molecule has 0 radical (unpaired) electrons. The van der Waals surface area contributed by atoms with Crippen molar-refractivity contribution in [3.8, 4) is 0 Å². The van der Waals surface area contributed by atoms with E-state index in [1.165, 1.54) is 11.5 Å². The summed E-state index contributed by atoms with van der Waals surface area (Å²) in [7, 11) is 0. The zero-order chi connectivity index (χ0) is 7.84. The molecule has 4 heteroatoms. The van der Waals surface area contributed by atoms with Gasteiger partial charge in [-0.05, 0) is 39.6 Å². The lowest BCUT2D eigenvalue weighted by atomic mass is 10.3. The molecule has 2 aromatic rings. The number of anilines is 1. The van der Waals surface area contributed by atoms with Gasteiger partial charge in [-0.1, -0.05) is 6.07 Å². The first-order valence-electron chi connectivity index (χ1n) is 3.08. The van der Waals surface area contributed by atoms with E-state index in [9.17, 15) is 0 Å². The second kappa shape index (κ2) is 2.46. The van der Waals surface area contributed by atoms with Crippen molar-refractivity contribution in [3.05, 3.63) is 22.7 Å². The van der Waals surface area contributed by atoms with Crippen LogP contribution in [0.2, 0.25) is 0 Å². The highest BCUT2D eigenvalue weighted by Crippen LogP contribution is 2.30. The summed E-state index contributed by atoms with van der Waals surface area (Å²) in [6, 6.07) is 5.91. The predicted octanol–water partition coefficient (Wildman–Crippen LogP) is 2.64. The molecule has 0 bridgehead atoms. The average Bonchev–Trinajstić information content (AvgIpc) is 2.35. The highest BCUT2D eigenvalue weighted by Gasteiger charge is 2.03. The summed E-state index contributed by atoms with van der Waals surface area (Å²) < 4.78 is 6.22. The predicted molar refractivity (Wildman–Crippen MR) is 51.7 cm³/mol. The molecular formula is C7H5BrN2S. The van der Waals surface area contributed by atoms with Gasteiger partial charge >= 0.3 is 0 Å². The molecule has 0 saturated carbocycles. The van der Waals surface area contributed by atoms with E-state index in [0.29, 0.717) is 5.82 Å². The summed E-state index contributed by atoms with van der Waals surface area (Å²) in [5, 5.41) is 1.03. The van der Waals surface area contributed by atoms with E-state index in [1.807, 2.05) is 18.2 Å². The minimum Gasteiger partial charge on any atom is -0.382 e. The third-order valence-electron chi connectivity index (χ3n) is 1.48. The lowest BCUT2D eigenvalue weighted by Gasteiger charge is -1.90. The molecule has 11 heavy (non-hydrogen) atoms. The van der Waals surface area contributed by atoms with Crippen molar-refractivity contribution in [1.29, 1.82) is 0 Å². The Morgan fingerprint density at radius 1 is 1.45 bits per heavy atom. The second-order valence-corrected chi connectivity index (χ2v) is 3.81. The zero-order valence-corrected chi connectivity index (χ0v) is 7.95. The SMILES string of the molecule is Nc1nsc2c(Br)cccc12. The third-order valence-corrected chi connectivity index (χ3v) is 3.31. The van der Waals surface area contributed by atoms with E-state index in [4.69, 9.17) is 5.73 Å². The lowest BCUT2D eigenvalue weighted by molar-refractivity contribution is 1.58. The maximum absolute atomic E-state index is 5.62. The van der Waals surface area contributed by atoms with Crippen LogP contribution >= 0.6 is 27.5 Å². The van der Waals surface area contributed by atoms with E-state index >= 15 is 0 Å². The van der Waals surface area contributed by atoms with Crippen LogP contribution < -0.4 is 5.73 Å². The van der Waals surface area contributed by atoms with E-state index in [0.717, 1.165) is 14.6 Å². The summed E-state index contributed by atoms with van der Waals surface area (Å²) in [6.45, 7) is 0. The first-order chi connectivity index (χ1) is 5.29. The van der Waals surface area contributed by atoms with Gasteiger partial charge in [-0.3, -0.25) is 0 Å². The smallest absolute Gasteiger partial charge is 0.145 e. The Morgan fingerprint density at radius 3 is 3.00 bits per heavy atom. The van der Waals surface area contributed by atoms with E-state index in [-0.39, 0.29) is 0 Å². The number of aromatic nitrogens is 1. The van der Waals surface area contributed by atoms with Gasteiger partial charge in [-0.2, -0.15) is 4.37 Å². The number of halogens is 1. The molecule has 0 saturated heterocycles. The van der Waals surface area contributed by atoms with Gasteiger partial charge < -0.3 is 5.73 Å². The fourth-order valence-electron chi connectivity index (χ4n) is 0.947. The van der Waals surface area contributed by atoms with Crippen LogP contribution in [0.15, 0.2) is 22.7 Å². The standard InChI is InChI=1S/C7H5BrN2S/c8-5-3-1-2-4-6(5)11-10-7(4)9/h1-3H,(H2,9,10). The van der Waals surface area contributed by atoms with Crippen LogP contribution in [0.1, 0.15) is 0 Å². The van der Waals surface area contributed by atoms with E-state index in [1.54, 1.807) is 0 Å². The van der Waals surface area contributed by atoms with Crippen molar-refractivity contribution in [2.45, 2.75) is 0 Å². The summed E-state index contributed by atoms with van der Waals surface area (Å²) in [5.74, 6) is 0.617. The van der Waals surface area contributed by atoms with Gasteiger partial charge in [0, 0.05) is 9.86 Å². The Labute approximate surface area is 76.3 Å². The van der Waals surface area contributed by atoms with E-state index < -0.39 is 0 Å². The quantitative estimate of drug-likeness (QED) is 0.754. The number of benzene rings is 1. The molecule has 1 heterocycles. The first kappa shape index (κ1) is 7.06. The lowest BCUT2D eigenvalue weighted by Crippen LogP contribution is -1.82. The van der Waals surface area contributed by atoms with Crippen molar-refractivity contribution >= 4 is 43.4 Å². The highest BCUT2D eigenvalue weighted by atomic mass is 79.9. The van der Waals surface area contributed by atoms with Crippen molar-refractivity contribution in [2.75, 3.05) is 5.73 Å². The molecule has 0 aliphatic carbocycles. The van der Waals surface area contributed by atoms with Crippen LogP contribution in [0.5, 0.6) is 0 Å². The van der Waals surface area contributed by atoms with Crippen LogP contribution in [-0.4, -0.2) is 4.37 Å². The summed E-state index contributed by atoms with van der Waals surface area (Å²) in [6.07, 6.45) is 0. The number of nitrogens with zero attached hydrogens (tertiary/aromatic N) is 1. The van der Waals surface area contributed by atoms with Crippen LogP contribution in [0.25, 0.3) is 10.1 Å². The number of rotatable bonds is 0. The Balaban J connectivity index is 2.94. The Hall–Kier alpha value is -0.610. The molecule has 0 atom stereocenters. The molecule has 0 spiro atoms. The number of nitrogens with two attached hydrogens (primary N) is 1. The maximum atomic E-state index is 5.62. The molecule has 2 rings (SSSR count). The van der Waals surface area contributed by atoms with Crippen molar-refractivity contribution in [1.82, 2.24) is 4.37 Å². The fourth-order valence-corrected chi connectivity index (χ4v) is 2.24. The Morgan fingerprint density at radius 2 is 2.27 bits per heavy atom. The van der Waals surface area contributed by atoms with Crippen molar-refractivity contribution in [3.63, 3.8) is 0 Å². The molecule has 0 fully saturated rings. The van der Waals surface area contributed by atoms with Crippen LogP contribution in [0.3, 0.4) is 0 Å². The maximum Gasteiger partial charge on any atom is 0.145 e. The van der Waals surface area contributed by atoms with Gasteiger partial charge in [0.1, 0.15) is 5.82 Å². The van der Waals surface area contributed by atoms with Gasteiger partial charge in [-0.25, -0.2) is 0 Å². The molecule has 0 amide bonds. The average molecular weight is 229 g/mol. The number of fused-ring (bicyclic) bond motifs is 1. The van der Waals surface area contributed by atoms with Gasteiger partial charge in [0.2, 0.25) is 0 Å². The van der Waals surface area contributed by atoms with Crippen LogP contribution in [0, 0.1) is 0 Å². The fraction of sp³-hybridized carbons (Fsp3) is 0. The third kappa shape index (κ3) is 1.02. The molecule has 1 aromatic carbocycles. The van der Waals surface area contributed by atoms with E-state index in [2.05, 4.69) is 20.3 Å². The summed E-state index contributed by atoms with van der Waals surface area (Å²) in [5.41, 5.74) is 5.62. The number of hydrogen-bond acceptors (Lipinski definition) is 3.